The van der Waals surface area contributed by atoms with Crippen molar-refractivity contribution < 1.29 is 141 Å². The summed E-state index contributed by atoms with van der Waals surface area (Å²) in [5.41, 5.74) is -3.38. The Balaban J connectivity index is 1.27. The van der Waals surface area contributed by atoms with Gasteiger partial charge in [0.1, 0.15) is 22.2 Å². The number of rotatable bonds is 42. The molecule has 0 spiro atoms. The molecular formula is C63H80N3O30S5+. The molecule has 4 aliphatic rings. The number of carbonyl (C=O) groups is 4. The Morgan fingerprint density at radius 1 is 0.545 bits per heavy atom. The van der Waals surface area contributed by atoms with Crippen molar-refractivity contribution in [2.45, 2.75) is 89.2 Å². The SMILES string of the molecule is COCCOCCOCCOCCOCC[N+]1=C(/C=C2\C(=O)C(/C=C3/N(CCCC(=O)ON4C(=O)CCC4=O)c4ccc5c(S(=O)(=O)O)cc(S(=O)(=O)O)cc5c4C3(C)CCOCCOCCOCCOC)=C2O)C(C)(CCCS(=O)(=O)O)c2c1ccc1c(S(=O)(=O)O)cc(S(=O)(=O)O)cc21. The summed E-state index contributed by atoms with van der Waals surface area (Å²) in [7, 11) is -22.7. The molecule has 556 valence electrons. The first-order chi connectivity index (χ1) is 47.6. The molecule has 1 aliphatic carbocycles. The summed E-state index contributed by atoms with van der Waals surface area (Å²) in [5, 5.41) is 12.0. The number of hydrogen-bond acceptors (Lipinski definition) is 26. The number of imide groups is 1. The maximum atomic E-state index is 15.3. The quantitative estimate of drug-likeness (QED) is 0.0119. The molecule has 2 unspecified atom stereocenters. The first kappa shape index (κ1) is 80.1. The summed E-state index contributed by atoms with van der Waals surface area (Å²) in [6, 6.07) is 8.30. The lowest BCUT2D eigenvalue weighted by Gasteiger charge is -2.32. The summed E-state index contributed by atoms with van der Waals surface area (Å²) in [5.74, 6) is -4.95. The summed E-state index contributed by atoms with van der Waals surface area (Å²) in [4.78, 5) is 56.4. The predicted molar refractivity (Wildman–Crippen MR) is 356 cm³/mol. The number of ketones is 1. The zero-order chi connectivity index (χ0) is 73.9. The number of nitrogens with zero attached hydrogens (tertiary/aromatic N) is 3. The number of ether oxygens (including phenoxy) is 9. The van der Waals surface area contributed by atoms with Gasteiger partial charge in [0.15, 0.2) is 12.3 Å². The molecule has 0 saturated carbocycles. The van der Waals surface area contributed by atoms with Crippen molar-refractivity contribution in [1.29, 1.82) is 0 Å². The van der Waals surface area contributed by atoms with Crippen LogP contribution in [0, 0.1) is 0 Å². The van der Waals surface area contributed by atoms with Crippen LogP contribution < -0.4 is 4.90 Å². The molecule has 8 rings (SSSR count). The topological polar surface area (TPSA) is 462 Å². The highest BCUT2D eigenvalue weighted by molar-refractivity contribution is 7.87. The number of aliphatic hydroxyl groups excluding tert-OH is 1. The summed E-state index contributed by atoms with van der Waals surface area (Å²) >= 11 is 0. The Kier molecular flexibility index (Phi) is 26.8. The Morgan fingerprint density at radius 3 is 1.48 bits per heavy atom. The smallest absolute Gasteiger partial charge is 0.333 e. The first-order valence-corrected chi connectivity index (χ1v) is 38.9. The first-order valence-electron chi connectivity index (χ1n) is 31.6. The van der Waals surface area contributed by atoms with Gasteiger partial charge >= 0.3 is 5.97 Å². The number of hydrogen-bond donors (Lipinski definition) is 6. The minimum atomic E-state index is -5.29. The lowest BCUT2D eigenvalue weighted by atomic mass is 9.72. The predicted octanol–water partition coefficient (Wildman–Crippen LogP) is 4.17. The number of hydroxylamine groups is 2. The third-order valence-electron chi connectivity index (χ3n) is 17.2. The number of aliphatic hydroxyl groups is 1. The lowest BCUT2D eigenvalue weighted by molar-refractivity contribution is -0.442. The van der Waals surface area contributed by atoms with Crippen LogP contribution in [0.25, 0.3) is 21.5 Å². The third-order valence-corrected chi connectivity index (χ3v) is 21.4. The van der Waals surface area contributed by atoms with E-state index in [2.05, 4.69) is 0 Å². The van der Waals surface area contributed by atoms with E-state index in [9.17, 15) is 84.3 Å². The zero-order valence-electron chi connectivity index (χ0n) is 55.5. The van der Waals surface area contributed by atoms with Crippen molar-refractivity contribution in [3.8, 4) is 0 Å². The molecule has 6 N–H and O–H groups in total. The molecule has 0 bridgehead atoms. The minimum Gasteiger partial charge on any atom is -0.506 e. The molecule has 3 aliphatic heterocycles. The lowest BCUT2D eigenvalue weighted by Crippen LogP contribution is -2.35. The number of Topliss-reactive ketones (excluding diaryl/α,β-unsaturated/α-hetero) is 1. The molecule has 1 saturated heterocycles. The monoisotopic (exact) mass is 1520 g/mol. The van der Waals surface area contributed by atoms with Gasteiger partial charge in [-0.25, -0.2) is 4.79 Å². The minimum absolute atomic E-state index is 0.00613. The molecule has 101 heavy (non-hydrogen) atoms. The molecular weight excluding hydrogens is 1440 g/mol. The fourth-order valence-corrected chi connectivity index (χ4v) is 15.6. The van der Waals surface area contributed by atoms with Gasteiger partial charge in [0, 0.05) is 91.9 Å². The highest BCUT2D eigenvalue weighted by Gasteiger charge is 2.52. The van der Waals surface area contributed by atoms with E-state index in [0.717, 1.165) is 12.1 Å². The average molecular weight is 1520 g/mol. The van der Waals surface area contributed by atoms with Crippen LogP contribution in [-0.2, 0) is 128 Å². The molecule has 4 aromatic carbocycles. The van der Waals surface area contributed by atoms with Gasteiger partial charge in [-0.05, 0) is 98.3 Å². The Hall–Kier alpha value is -6.64. The van der Waals surface area contributed by atoms with Gasteiger partial charge in [0.05, 0.1) is 125 Å². The zero-order valence-corrected chi connectivity index (χ0v) is 59.6. The van der Waals surface area contributed by atoms with Crippen LogP contribution in [0.2, 0.25) is 0 Å². The Morgan fingerprint density at radius 2 is 1.01 bits per heavy atom. The highest BCUT2D eigenvalue weighted by atomic mass is 32.2. The fourth-order valence-electron chi connectivity index (χ4n) is 12.4. The van der Waals surface area contributed by atoms with Crippen LogP contribution in [-0.4, -0.2) is 248 Å². The highest BCUT2D eigenvalue weighted by Crippen LogP contribution is 2.55. The molecule has 33 nitrogen and oxygen atoms in total. The van der Waals surface area contributed by atoms with Gasteiger partial charge in [-0.2, -0.15) is 46.7 Å². The van der Waals surface area contributed by atoms with E-state index in [1.165, 1.54) is 50.5 Å². The fraction of sp³-hybridized carbons (Fsp3) is 0.508. The second kappa shape index (κ2) is 33.9. The van der Waals surface area contributed by atoms with E-state index < -0.39 is 134 Å². The van der Waals surface area contributed by atoms with E-state index in [0.29, 0.717) is 56.8 Å². The summed E-state index contributed by atoms with van der Waals surface area (Å²) in [6.07, 6.45) is 0.710. The van der Waals surface area contributed by atoms with Crippen molar-refractivity contribution in [2.24, 2.45) is 0 Å². The number of benzene rings is 4. The van der Waals surface area contributed by atoms with E-state index in [1.54, 1.807) is 23.5 Å². The molecule has 38 heteroatoms. The molecule has 0 radical (unpaired) electrons. The number of carbonyl (C=O) groups excluding carboxylic acids is 4. The standard InChI is InChI=1S/C63H79N3O30S5/c1-62(14-6-34-97(72,73)74)53(65(17-19-90-25-27-94-32-33-95-31-29-92-23-21-88-4)50-11-9-43-45(58(50)62)35-41(98(75,76)77)37-51(43)100(81,82)83)39-47-60(70)48(61(47)71)40-54-63(2,15-18-89-24-26-93-30-28-91-22-20-87-3)59-46-36-42(99(78,79)80)38-52(101(84,85)86)44(46)8-10-49(59)64(54)16-5-7-57(69)96-66-55(67)12-13-56(66)68/h8-11,35-40H,5-7,12-34H2,1-4H3,(H5-,70,71,72,73,74,75,76,77,78,79,80,81,82,83,84,85,86)/p+1. The molecule has 4 aromatic rings. The third kappa shape index (κ3) is 19.4. The van der Waals surface area contributed by atoms with Gasteiger partial charge in [0.25, 0.3) is 62.4 Å². The molecule has 2 amide bonds. The molecule has 0 aromatic heterocycles. The number of methoxy groups -OCH3 is 2. The number of anilines is 1. The summed E-state index contributed by atoms with van der Waals surface area (Å²) in [6.45, 7) is 5.50. The second-order valence-corrected chi connectivity index (χ2v) is 31.1. The van der Waals surface area contributed by atoms with E-state index in [4.69, 9.17) is 47.5 Å². The number of allylic oxidation sites excluding steroid dienone is 5. The van der Waals surface area contributed by atoms with Crippen molar-refractivity contribution >= 4 is 113 Å². The van der Waals surface area contributed by atoms with Crippen molar-refractivity contribution in [1.82, 2.24) is 5.06 Å². The van der Waals surface area contributed by atoms with Crippen LogP contribution in [0.15, 0.2) is 103 Å². The summed E-state index contributed by atoms with van der Waals surface area (Å²) < 4.78 is 232. The largest absolute Gasteiger partial charge is 0.506 e. The maximum absolute atomic E-state index is 15.3. The molecule has 2 atom stereocenters. The van der Waals surface area contributed by atoms with E-state index in [1.807, 2.05) is 0 Å². The van der Waals surface area contributed by atoms with Crippen LogP contribution >= 0.6 is 0 Å². The Labute approximate surface area is 583 Å². The van der Waals surface area contributed by atoms with Gasteiger partial charge in [-0.1, -0.05) is 6.07 Å². The van der Waals surface area contributed by atoms with Crippen molar-refractivity contribution in [3.63, 3.8) is 0 Å². The van der Waals surface area contributed by atoms with Crippen LogP contribution in [0.4, 0.5) is 11.4 Å². The van der Waals surface area contributed by atoms with Gasteiger partial charge < -0.3 is 57.5 Å². The molecule has 3 heterocycles. The number of fused-ring (bicyclic) bond motifs is 6. The van der Waals surface area contributed by atoms with Crippen LogP contribution in [0.1, 0.15) is 69.9 Å². The second-order valence-electron chi connectivity index (χ2n) is 23.9. The van der Waals surface area contributed by atoms with Crippen LogP contribution in [0.3, 0.4) is 0 Å². The average Bonchev–Trinajstić information content (AvgIpc) is 1.57. The van der Waals surface area contributed by atoms with Crippen LogP contribution in [0.5, 0.6) is 0 Å². The Bertz CT molecular complexity index is 4540. The number of amides is 2. The van der Waals surface area contributed by atoms with E-state index in [-0.39, 0.29) is 173 Å². The van der Waals surface area contributed by atoms with Gasteiger partial charge in [-0.15, -0.1) is 5.06 Å². The molecule has 1 fully saturated rings. The van der Waals surface area contributed by atoms with Crippen molar-refractivity contribution in [2.75, 3.05) is 144 Å². The van der Waals surface area contributed by atoms with E-state index >= 15 is 4.79 Å². The van der Waals surface area contributed by atoms with Crippen molar-refractivity contribution in [3.05, 3.63) is 94.4 Å². The van der Waals surface area contributed by atoms with Gasteiger partial charge in [-0.3, -0.25) is 37.1 Å². The van der Waals surface area contributed by atoms with Gasteiger partial charge in [0.2, 0.25) is 11.5 Å². The maximum Gasteiger partial charge on any atom is 0.333 e. The normalized spacial score (nSPS) is 19.1.